The van der Waals surface area contributed by atoms with Gasteiger partial charge in [-0.25, -0.2) is 15.0 Å². The van der Waals surface area contributed by atoms with Crippen LogP contribution in [-0.2, 0) is 0 Å². The standard InChI is InChI=1S/C11H15N5Si/c1-17(2)7-3-6-16(17)11-14-8-9-10(15-11)13-5-4-12-9/h4-5,8H,3,6-7H2,1-2H3. The molecule has 0 aliphatic carbocycles. The molecule has 0 radical (unpaired) electrons. The largest absolute Gasteiger partial charge is 0.368 e. The summed E-state index contributed by atoms with van der Waals surface area (Å²) in [7, 11) is -1.34. The van der Waals surface area contributed by atoms with E-state index in [9.17, 15) is 0 Å². The highest BCUT2D eigenvalue weighted by Crippen LogP contribution is 2.29. The topological polar surface area (TPSA) is 54.8 Å². The first kappa shape index (κ1) is 10.6. The molecule has 6 heteroatoms. The van der Waals surface area contributed by atoms with Gasteiger partial charge in [-0.05, 0) is 12.5 Å². The van der Waals surface area contributed by atoms with Crippen LogP contribution >= 0.6 is 0 Å². The number of rotatable bonds is 1. The summed E-state index contributed by atoms with van der Waals surface area (Å²) in [6.07, 6.45) is 6.36. The minimum Gasteiger partial charge on any atom is -0.368 e. The zero-order valence-electron chi connectivity index (χ0n) is 10.1. The minimum atomic E-state index is -1.34. The third kappa shape index (κ3) is 1.78. The van der Waals surface area contributed by atoms with E-state index in [2.05, 4.69) is 37.6 Å². The van der Waals surface area contributed by atoms with Crippen molar-refractivity contribution in [3.8, 4) is 0 Å². The van der Waals surface area contributed by atoms with E-state index in [1.165, 1.54) is 12.5 Å². The van der Waals surface area contributed by atoms with Crippen LogP contribution in [0.4, 0.5) is 5.95 Å². The van der Waals surface area contributed by atoms with Crippen LogP contribution in [0.5, 0.6) is 0 Å². The average molecular weight is 245 g/mol. The van der Waals surface area contributed by atoms with Crippen LogP contribution in [0.2, 0.25) is 19.1 Å². The Labute approximate surface area is 101 Å². The zero-order chi connectivity index (χ0) is 11.9. The molecule has 0 bridgehead atoms. The number of aromatic nitrogens is 4. The zero-order valence-corrected chi connectivity index (χ0v) is 11.1. The number of hydrogen-bond donors (Lipinski definition) is 0. The SMILES string of the molecule is C[Si]1(C)CCCN1c1ncc2nccnc2n1. The molecule has 2 aromatic heterocycles. The van der Waals surface area contributed by atoms with Crippen molar-refractivity contribution in [2.24, 2.45) is 0 Å². The fraction of sp³-hybridized carbons (Fsp3) is 0.455. The number of nitrogens with zero attached hydrogens (tertiary/aromatic N) is 5. The maximum Gasteiger partial charge on any atom is 0.219 e. The first-order valence-corrected chi connectivity index (χ1v) is 9.04. The maximum atomic E-state index is 4.53. The molecule has 2 aromatic rings. The summed E-state index contributed by atoms with van der Waals surface area (Å²) >= 11 is 0. The van der Waals surface area contributed by atoms with Crippen molar-refractivity contribution in [2.45, 2.75) is 25.6 Å². The summed E-state index contributed by atoms with van der Waals surface area (Å²) in [4.78, 5) is 17.4. The quantitative estimate of drug-likeness (QED) is 0.717. The molecule has 0 atom stereocenters. The van der Waals surface area contributed by atoms with Gasteiger partial charge in [-0.3, -0.25) is 0 Å². The van der Waals surface area contributed by atoms with E-state index in [0.29, 0.717) is 5.65 Å². The van der Waals surface area contributed by atoms with Gasteiger partial charge in [0.25, 0.3) is 0 Å². The highest BCUT2D eigenvalue weighted by atomic mass is 28.3. The molecule has 1 fully saturated rings. The van der Waals surface area contributed by atoms with Gasteiger partial charge in [0.15, 0.2) is 13.9 Å². The van der Waals surface area contributed by atoms with Crippen molar-refractivity contribution in [2.75, 3.05) is 11.1 Å². The summed E-state index contributed by atoms with van der Waals surface area (Å²) < 4.78 is 2.39. The van der Waals surface area contributed by atoms with E-state index >= 15 is 0 Å². The molecule has 0 amide bonds. The van der Waals surface area contributed by atoms with E-state index in [0.717, 1.165) is 18.0 Å². The second-order valence-corrected chi connectivity index (χ2v) is 9.67. The van der Waals surface area contributed by atoms with Gasteiger partial charge in [0.1, 0.15) is 5.52 Å². The normalized spacial score (nSPS) is 18.8. The van der Waals surface area contributed by atoms with Crippen LogP contribution in [0.1, 0.15) is 6.42 Å². The lowest BCUT2D eigenvalue weighted by Gasteiger charge is -2.29. The molecule has 1 saturated heterocycles. The first-order valence-electron chi connectivity index (χ1n) is 5.88. The van der Waals surface area contributed by atoms with Gasteiger partial charge in [0.05, 0.1) is 6.20 Å². The second kappa shape index (κ2) is 3.73. The van der Waals surface area contributed by atoms with Crippen LogP contribution in [-0.4, -0.2) is 34.7 Å². The summed E-state index contributed by atoms with van der Waals surface area (Å²) in [6.45, 7) is 5.81. The molecule has 3 rings (SSSR count). The van der Waals surface area contributed by atoms with Gasteiger partial charge in [-0.2, -0.15) is 4.98 Å². The monoisotopic (exact) mass is 245 g/mol. The molecule has 0 spiro atoms. The maximum absolute atomic E-state index is 4.53. The lowest BCUT2D eigenvalue weighted by molar-refractivity contribution is 0.943. The minimum absolute atomic E-state index is 0.689. The molecule has 0 N–H and O–H groups in total. The Bertz CT molecular complexity index is 556. The van der Waals surface area contributed by atoms with E-state index in [4.69, 9.17) is 0 Å². The van der Waals surface area contributed by atoms with Gasteiger partial charge in [0, 0.05) is 18.9 Å². The number of hydrogen-bond acceptors (Lipinski definition) is 5. The summed E-state index contributed by atoms with van der Waals surface area (Å²) in [6, 6.07) is 1.31. The second-order valence-electron chi connectivity index (χ2n) is 5.00. The van der Waals surface area contributed by atoms with Crippen molar-refractivity contribution in [1.29, 1.82) is 0 Å². The van der Waals surface area contributed by atoms with Gasteiger partial charge < -0.3 is 4.57 Å². The third-order valence-corrected chi connectivity index (χ3v) is 6.82. The lowest BCUT2D eigenvalue weighted by Crippen LogP contribution is -2.44. The highest BCUT2D eigenvalue weighted by Gasteiger charge is 2.36. The third-order valence-electron chi connectivity index (χ3n) is 3.36. The van der Waals surface area contributed by atoms with Crippen molar-refractivity contribution < 1.29 is 0 Å². The Balaban J connectivity index is 2.06. The molecule has 1 aliphatic rings. The smallest absolute Gasteiger partial charge is 0.219 e. The van der Waals surface area contributed by atoms with Crippen LogP contribution < -0.4 is 4.57 Å². The van der Waals surface area contributed by atoms with E-state index in [1.54, 1.807) is 18.6 Å². The molecule has 0 aromatic carbocycles. The predicted molar refractivity (Wildman–Crippen MR) is 69.4 cm³/mol. The predicted octanol–water partition coefficient (Wildman–Crippen LogP) is 1.83. The van der Waals surface area contributed by atoms with E-state index in [1.807, 2.05) is 0 Å². The molecular formula is C11H15N5Si. The first-order chi connectivity index (χ1) is 8.17. The molecule has 5 nitrogen and oxygen atoms in total. The van der Waals surface area contributed by atoms with Gasteiger partial charge in [0.2, 0.25) is 5.95 Å². The van der Waals surface area contributed by atoms with Gasteiger partial charge >= 0.3 is 0 Å². The lowest BCUT2D eigenvalue weighted by atomic mass is 10.5. The summed E-state index contributed by atoms with van der Waals surface area (Å²) in [5, 5.41) is 0. The fourth-order valence-electron chi connectivity index (χ4n) is 2.37. The Morgan fingerprint density at radius 2 is 2.00 bits per heavy atom. The average Bonchev–Trinajstić information content (AvgIpc) is 2.68. The van der Waals surface area contributed by atoms with E-state index in [-0.39, 0.29) is 0 Å². The molecule has 17 heavy (non-hydrogen) atoms. The van der Waals surface area contributed by atoms with Crippen LogP contribution in [0.15, 0.2) is 18.6 Å². The molecular weight excluding hydrogens is 230 g/mol. The summed E-state index contributed by atoms with van der Waals surface area (Å²) in [5.74, 6) is 0.826. The number of anilines is 1. The number of fused-ring (bicyclic) bond motifs is 1. The van der Waals surface area contributed by atoms with Crippen molar-refractivity contribution in [3.05, 3.63) is 18.6 Å². The Kier molecular flexibility index (Phi) is 2.32. The van der Waals surface area contributed by atoms with Crippen molar-refractivity contribution >= 4 is 25.3 Å². The molecule has 88 valence electrons. The van der Waals surface area contributed by atoms with Crippen molar-refractivity contribution in [1.82, 2.24) is 19.9 Å². The highest BCUT2D eigenvalue weighted by molar-refractivity contribution is 6.81. The van der Waals surface area contributed by atoms with Crippen LogP contribution in [0.25, 0.3) is 11.2 Å². The van der Waals surface area contributed by atoms with Gasteiger partial charge in [-0.1, -0.05) is 13.1 Å². The summed E-state index contributed by atoms with van der Waals surface area (Å²) in [5.41, 5.74) is 1.45. The fourth-order valence-corrected chi connectivity index (χ4v) is 5.08. The molecule has 0 saturated carbocycles. The Hall–Kier alpha value is -1.56. The van der Waals surface area contributed by atoms with Crippen LogP contribution in [0, 0.1) is 0 Å². The molecule has 0 unspecified atom stereocenters. The van der Waals surface area contributed by atoms with E-state index < -0.39 is 8.24 Å². The van der Waals surface area contributed by atoms with Gasteiger partial charge in [-0.15, -0.1) is 0 Å². The Morgan fingerprint density at radius 1 is 1.18 bits per heavy atom. The van der Waals surface area contributed by atoms with Crippen molar-refractivity contribution in [3.63, 3.8) is 0 Å². The molecule has 3 heterocycles. The van der Waals surface area contributed by atoms with Crippen LogP contribution in [0.3, 0.4) is 0 Å². The molecule has 1 aliphatic heterocycles. The Morgan fingerprint density at radius 3 is 2.76 bits per heavy atom.